The van der Waals surface area contributed by atoms with Crippen molar-refractivity contribution in [2.45, 2.75) is 12.7 Å². The Morgan fingerprint density at radius 3 is 2.59 bits per heavy atom. The number of nitrogens with zero attached hydrogens (tertiary/aromatic N) is 4. The van der Waals surface area contributed by atoms with Gasteiger partial charge in [-0.25, -0.2) is 15.0 Å². The van der Waals surface area contributed by atoms with Crippen molar-refractivity contribution in [2.75, 3.05) is 22.9 Å². The third-order valence-electron chi connectivity index (χ3n) is 4.83. The molecular formula is C21H18BrF3N6S. The zero-order valence-corrected chi connectivity index (χ0v) is 19.4. The molecule has 0 fully saturated rings. The van der Waals surface area contributed by atoms with Crippen LogP contribution in [0.25, 0.3) is 22.6 Å². The first-order valence-electron chi connectivity index (χ1n) is 9.45. The number of aromatic amines is 1. The smallest absolute Gasteiger partial charge is 0.378 e. The quantitative estimate of drug-likeness (QED) is 0.297. The molecule has 0 unspecified atom stereocenters. The predicted molar refractivity (Wildman–Crippen MR) is 126 cm³/mol. The van der Waals surface area contributed by atoms with E-state index in [1.54, 1.807) is 12.3 Å². The molecule has 0 spiro atoms. The Balaban J connectivity index is 1.77. The summed E-state index contributed by atoms with van der Waals surface area (Å²) in [6.45, 7) is 0.136. The Labute approximate surface area is 194 Å². The van der Waals surface area contributed by atoms with Crippen LogP contribution < -0.4 is 9.62 Å². The summed E-state index contributed by atoms with van der Waals surface area (Å²) in [6, 6.07) is 10.9. The summed E-state index contributed by atoms with van der Waals surface area (Å²) in [5.74, 6) is 1.11. The zero-order valence-electron chi connectivity index (χ0n) is 17.0. The molecule has 6 nitrogen and oxygen atoms in total. The summed E-state index contributed by atoms with van der Waals surface area (Å²) in [7, 11) is 1.85. The lowest BCUT2D eigenvalue weighted by molar-refractivity contribution is -0.137. The molecule has 11 heteroatoms. The lowest BCUT2D eigenvalue weighted by atomic mass is 10.2. The second kappa shape index (κ2) is 8.99. The van der Waals surface area contributed by atoms with Gasteiger partial charge in [0, 0.05) is 47.8 Å². The van der Waals surface area contributed by atoms with Gasteiger partial charge in [-0.15, -0.1) is 0 Å². The second-order valence-corrected chi connectivity index (χ2v) is 8.68. The molecule has 0 aliphatic heterocycles. The molecule has 0 saturated heterocycles. The number of halogens is 4. The molecule has 166 valence electrons. The van der Waals surface area contributed by atoms with Gasteiger partial charge < -0.3 is 14.6 Å². The molecule has 3 heterocycles. The molecule has 4 aromatic rings. The highest BCUT2D eigenvalue weighted by atomic mass is 79.9. The van der Waals surface area contributed by atoms with Crippen LogP contribution in [-0.4, -0.2) is 33.2 Å². The van der Waals surface area contributed by atoms with E-state index in [2.05, 4.69) is 41.2 Å². The fraction of sp³-hybridized carbons (Fsp3) is 0.190. The molecule has 3 aromatic heterocycles. The monoisotopic (exact) mass is 522 g/mol. The molecule has 2 N–H and O–H groups in total. The van der Waals surface area contributed by atoms with Crippen LogP contribution in [-0.2, 0) is 12.7 Å². The number of aromatic nitrogens is 4. The van der Waals surface area contributed by atoms with E-state index >= 15 is 0 Å². The SMILES string of the molecule is CSN(C)c1ncccc1CNc1c(C(F)(F)F)cnc2[nH]c(-c3ccc(Br)cc3)nc12. The van der Waals surface area contributed by atoms with Crippen LogP contribution in [0.2, 0.25) is 0 Å². The first-order valence-corrected chi connectivity index (χ1v) is 11.4. The highest BCUT2D eigenvalue weighted by molar-refractivity contribution is 9.10. The summed E-state index contributed by atoms with van der Waals surface area (Å²) in [4.78, 5) is 15.8. The largest absolute Gasteiger partial charge is 0.419 e. The first-order chi connectivity index (χ1) is 15.3. The van der Waals surface area contributed by atoms with Gasteiger partial charge in [0.05, 0.1) is 11.3 Å². The molecule has 0 atom stereocenters. The maximum Gasteiger partial charge on any atom is 0.419 e. The number of anilines is 2. The fourth-order valence-corrected chi connectivity index (χ4v) is 3.81. The van der Waals surface area contributed by atoms with Crippen molar-refractivity contribution in [3.63, 3.8) is 0 Å². The number of pyridine rings is 2. The van der Waals surface area contributed by atoms with Crippen molar-refractivity contribution in [1.29, 1.82) is 0 Å². The van der Waals surface area contributed by atoms with E-state index in [1.165, 1.54) is 11.9 Å². The topological polar surface area (TPSA) is 69.7 Å². The number of nitrogens with one attached hydrogen (secondary N) is 2. The number of imidazole rings is 1. The van der Waals surface area contributed by atoms with Crippen LogP contribution in [0, 0.1) is 0 Å². The highest BCUT2D eigenvalue weighted by Gasteiger charge is 2.36. The zero-order chi connectivity index (χ0) is 22.9. The van der Waals surface area contributed by atoms with Crippen molar-refractivity contribution < 1.29 is 13.2 Å². The second-order valence-electron chi connectivity index (χ2n) is 6.85. The molecule has 0 saturated carbocycles. The summed E-state index contributed by atoms with van der Waals surface area (Å²) in [5, 5.41) is 2.95. The van der Waals surface area contributed by atoms with E-state index in [1.807, 2.05) is 47.9 Å². The van der Waals surface area contributed by atoms with Crippen molar-refractivity contribution in [2.24, 2.45) is 0 Å². The van der Waals surface area contributed by atoms with Crippen molar-refractivity contribution >= 4 is 50.5 Å². The third kappa shape index (κ3) is 4.53. The van der Waals surface area contributed by atoms with Gasteiger partial charge in [-0.3, -0.25) is 0 Å². The van der Waals surface area contributed by atoms with Crippen molar-refractivity contribution in [3.8, 4) is 11.4 Å². The maximum atomic E-state index is 13.8. The van der Waals surface area contributed by atoms with E-state index in [9.17, 15) is 13.2 Å². The first kappa shape index (κ1) is 22.4. The Morgan fingerprint density at radius 1 is 1.16 bits per heavy atom. The number of hydrogen-bond donors (Lipinski definition) is 2. The van der Waals surface area contributed by atoms with Gasteiger partial charge in [0.25, 0.3) is 0 Å². The van der Waals surface area contributed by atoms with Crippen LogP contribution in [0.5, 0.6) is 0 Å². The number of benzene rings is 1. The number of fused-ring (bicyclic) bond motifs is 1. The number of hydrogen-bond acceptors (Lipinski definition) is 6. The lowest BCUT2D eigenvalue weighted by Crippen LogP contribution is -2.15. The minimum absolute atomic E-state index is 0.122. The molecule has 32 heavy (non-hydrogen) atoms. The Hall–Kier alpha value is -2.79. The molecule has 0 radical (unpaired) electrons. The van der Waals surface area contributed by atoms with Gasteiger partial charge in [0.2, 0.25) is 0 Å². The molecule has 0 aliphatic carbocycles. The minimum atomic E-state index is -4.59. The van der Waals surface area contributed by atoms with E-state index < -0.39 is 11.7 Å². The molecule has 0 bridgehead atoms. The summed E-state index contributed by atoms with van der Waals surface area (Å²) < 4.78 is 44.1. The Bertz CT molecular complexity index is 1240. The minimum Gasteiger partial charge on any atom is -0.378 e. The van der Waals surface area contributed by atoms with Gasteiger partial charge in [0.1, 0.15) is 17.2 Å². The van der Waals surface area contributed by atoms with E-state index in [4.69, 9.17) is 0 Å². The normalized spacial score (nSPS) is 11.7. The average Bonchev–Trinajstić information content (AvgIpc) is 3.21. The van der Waals surface area contributed by atoms with E-state index in [0.29, 0.717) is 11.6 Å². The Kier molecular flexibility index (Phi) is 6.29. The van der Waals surface area contributed by atoms with Gasteiger partial charge in [-0.2, -0.15) is 13.2 Å². The van der Waals surface area contributed by atoms with Crippen LogP contribution in [0.3, 0.4) is 0 Å². The summed E-state index contributed by atoms with van der Waals surface area (Å²) >= 11 is 4.83. The summed E-state index contributed by atoms with van der Waals surface area (Å²) in [5.41, 5.74) is 0.895. The molecule has 4 rings (SSSR count). The Morgan fingerprint density at radius 2 is 1.91 bits per heavy atom. The van der Waals surface area contributed by atoms with Crippen LogP contribution in [0.4, 0.5) is 24.7 Å². The average molecular weight is 523 g/mol. The third-order valence-corrected chi connectivity index (χ3v) is 6.08. The number of alkyl halides is 3. The molecule has 0 amide bonds. The van der Waals surface area contributed by atoms with Crippen LogP contribution in [0.1, 0.15) is 11.1 Å². The number of rotatable bonds is 6. The van der Waals surface area contributed by atoms with E-state index in [0.717, 1.165) is 21.8 Å². The van der Waals surface area contributed by atoms with Crippen LogP contribution >= 0.6 is 27.9 Å². The van der Waals surface area contributed by atoms with Gasteiger partial charge in [-0.1, -0.05) is 46.1 Å². The van der Waals surface area contributed by atoms with Crippen molar-refractivity contribution in [3.05, 3.63) is 64.4 Å². The fourth-order valence-electron chi connectivity index (χ4n) is 3.21. The molecule has 0 aliphatic rings. The maximum absolute atomic E-state index is 13.8. The van der Waals surface area contributed by atoms with Gasteiger partial charge >= 0.3 is 6.18 Å². The molecular weight excluding hydrogens is 505 g/mol. The van der Waals surface area contributed by atoms with Gasteiger partial charge in [0.15, 0.2) is 5.65 Å². The van der Waals surface area contributed by atoms with Crippen molar-refractivity contribution in [1.82, 2.24) is 19.9 Å². The van der Waals surface area contributed by atoms with Crippen LogP contribution in [0.15, 0.2) is 53.3 Å². The molecule has 1 aromatic carbocycles. The van der Waals surface area contributed by atoms with E-state index in [-0.39, 0.29) is 23.4 Å². The van der Waals surface area contributed by atoms with Gasteiger partial charge in [-0.05, 0) is 18.2 Å². The standard InChI is InChI=1S/C21H18BrF3N6S/c1-31(32-2)20-13(4-3-9-26-20)10-27-16-15(21(23,24)25)11-28-19-17(16)29-18(30-19)12-5-7-14(22)8-6-12/h3-9,11H,10H2,1-2H3,(H2,27,28,29,30). The lowest BCUT2D eigenvalue weighted by Gasteiger charge is -2.19. The summed E-state index contributed by atoms with van der Waals surface area (Å²) in [6.07, 6.45) is -0.219. The predicted octanol–water partition coefficient (Wildman–Crippen LogP) is 6.13. The number of H-pyrrole nitrogens is 1. The highest BCUT2D eigenvalue weighted by Crippen LogP contribution is 2.38.